The van der Waals surface area contributed by atoms with E-state index in [1.54, 1.807) is 0 Å². The zero-order chi connectivity index (χ0) is 11.7. The molecule has 1 unspecified atom stereocenters. The van der Waals surface area contributed by atoms with Gasteiger partial charge in [0.2, 0.25) is 0 Å². The van der Waals surface area contributed by atoms with E-state index in [1.807, 2.05) is 18.2 Å². The molecule has 1 fully saturated rings. The van der Waals surface area contributed by atoms with E-state index in [0.29, 0.717) is 12.5 Å². The highest BCUT2D eigenvalue weighted by atomic mass is 16.5. The predicted octanol–water partition coefficient (Wildman–Crippen LogP) is 2.06. The van der Waals surface area contributed by atoms with Crippen LogP contribution in [0.2, 0.25) is 0 Å². The van der Waals surface area contributed by atoms with E-state index in [4.69, 9.17) is 10.00 Å². The second-order valence-corrected chi connectivity index (χ2v) is 4.24. The third-order valence-corrected chi connectivity index (χ3v) is 3.18. The van der Waals surface area contributed by atoms with Crippen LogP contribution < -0.4 is 0 Å². The molecule has 1 atom stereocenters. The fraction of sp³-hybridized carbons (Fsp3) is 0.385. The Morgan fingerprint density at radius 3 is 3.12 bits per heavy atom. The minimum atomic E-state index is 0.325. The number of hydrogen-bond acceptors (Lipinski definition) is 3. The summed E-state index contributed by atoms with van der Waals surface area (Å²) in [5.41, 5.74) is 2.07. The first-order valence-corrected chi connectivity index (χ1v) is 5.80. The number of aromatic nitrogens is 2. The van der Waals surface area contributed by atoms with E-state index < -0.39 is 0 Å². The van der Waals surface area contributed by atoms with Crippen LogP contribution in [0.15, 0.2) is 24.3 Å². The number of nitrogens with zero attached hydrogens (tertiary/aromatic N) is 3. The number of fused-ring (bicyclic) bond motifs is 1. The first kappa shape index (κ1) is 10.3. The summed E-state index contributed by atoms with van der Waals surface area (Å²) in [6.45, 7) is 1.52. The molecule has 3 rings (SSSR count). The molecule has 17 heavy (non-hydrogen) atoms. The van der Waals surface area contributed by atoms with Crippen LogP contribution in [0.25, 0.3) is 11.0 Å². The predicted molar refractivity (Wildman–Crippen MR) is 63.5 cm³/mol. The van der Waals surface area contributed by atoms with Crippen LogP contribution in [0.5, 0.6) is 0 Å². The average molecular weight is 227 g/mol. The van der Waals surface area contributed by atoms with Crippen molar-refractivity contribution in [1.82, 2.24) is 9.55 Å². The van der Waals surface area contributed by atoms with Crippen molar-refractivity contribution in [2.75, 3.05) is 13.2 Å². The molecule has 0 radical (unpaired) electrons. The highest BCUT2D eigenvalue weighted by Gasteiger charge is 2.22. The smallest absolute Gasteiger partial charge is 0.124 e. The van der Waals surface area contributed by atoms with Crippen LogP contribution >= 0.6 is 0 Å². The van der Waals surface area contributed by atoms with Gasteiger partial charge in [0.05, 0.1) is 36.2 Å². The van der Waals surface area contributed by atoms with Gasteiger partial charge >= 0.3 is 0 Å². The Morgan fingerprint density at radius 1 is 1.47 bits per heavy atom. The molecular weight excluding hydrogens is 214 g/mol. The SMILES string of the molecule is N#CCc1nc2ccccc2n1C1CCOC1. The first-order valence-electron chi connectivity index (χ1n) is 5.80. The molecule has 4 nitrogen and oxygen atoms in total. The van der Waals surface area contributed by atoms with Gasteiger partial charge in [-0.1, -0.05) is 12.1 Å². The zero-order valence-electron chi connectivity index (χ0n) is 9.47. The zero-order valence-corrected chi connectivity index (χ0v) is 9.47. The maximum absolute atomic E-state index is 8.88. The molecule has 1 aliphatic rings. The van der Waals surface area contributed by atoms with Crippen LogP contribution in [0, 0.1) is 11.3 Å². The molecule has 1 aromatic carbocycles. The van der Waals surface area contributed by atoms with Crippen molar-refractivity contribution in [3.05, 3.63) is 30.1 Å². The lowest BCUT2D eigenvalue weighted by molar-refractivity contribution is 0.186. The summed E-state index contributed by atoms with van der Waals surface area (Å²) in [7, 11) is 0. The van der Waals surface area contributed by atoms with Gasteiger partial charge in [-0.15, -0.1) is 0 Å². The topological polar surface area (TPSA) is 50.8 Å². The second kappa shape index (κ2) is 4.19. The van der Waals surface area contributed by atoms with E-state index in [0.717, 1.165) is 36.5 Å². The Morgan fingerprint density at radius 2 is 2.35 bits per heavy atom. The van der Waals surface area contributed by atoms with Crippen molar-refractivity contribution < 1.29 is 4.74 Å². The van der Waals surface area contributed by atoms with Crippen molar-refractivity contribution in [1.29, 1.82) is 5.26 Å². The van der Waals surface area contributed by atoms with Crippen LogP contribution in [0.4, 0.5) is 0 Å². The Hall–Kier alpha value is -1.86. The molecule has 2 heterocycles. The number of imidazole rings is 1. The van der Waals surface area contributed by atoms with Crippen molar-refractivity contribution in [2.24, 2.45) is 0 Å². The highest BCUT2D eigenvalue weighted by molar-refractivity contribution is 5.76. The van der Waals surface area contributed by atoms with Gasteiger partial charge in [0.15, 0.2) is 0 Å². The fourth-order valence-electron chi connectivity index (χ4n) is 2.42. The number of hydrogen-bond donors (Lipinski definition) is 0. The van der Waals surface area contributed by atoms with Gasteiger partial charge < -0.3 is 9.30 Å². The standard InChI is InChI=1S/C13H13N3O/c14-7-5-13-15-11-3-1-2-4-12(11)16(13)10-6-8-17-9-10/h1-4,10H,5-6,8-9H2. The Labute approximate surface area is 99.4 Å². The van der Waals surface area contributed by atoms with E-state index >= 15 is 0 Å². The molecule has 0 saturated carbocycles. The van der Waals surface area contributed by atoms with Crippen molar-refractivity contribution >= 4 is 11.0 Å². The van der Waals surface area contributed by atoms with Crippen LogP contribution in [-0.2, 0) is 11.2 Å². The lowest BCUT2D eigenvalue weighted by atomic mass is 10.2. The summed E-state index contributed by atoms with van der Waals surface area (Å²) < 4.78 is 7.60. The Balaban J connectivity index is 2.17. The van der Waals surface area contributed by atoms with Gasteiger partial charge in [-0.25, -0.2) is 4.98 Å². The minimum Gasteiger partial charge on any atom is -0.379 e. The van der Waals surface area contributed by atoms with Crippen LogP contribution in [-0.4, -0.2) is 22.8 Å². The monoisotopic (exact) mass is 227 g/mol. The van der Waals surface area contributed by atoms with Crippen molar-refractivity contribution in [2.45, 2.75) is 18.9 Å². The lowest BCUT2D eigenvalue weighted by Crippen LogP contribution is -2.12. The molecular formula is C13H13N3O. The van der Waals surface area contributed by atoms with Crippen LogP contribution in [0.3, 0.4) is 0 Å². The molecule has 0 aliphatic carbocycles. The third-order valence-electron chi connectivity index (χ3n) is 3.18. The third kappa shape index (κ3) is 1.69. The van der Waals surface area contributed by atoms with Crippen molar-refractivity contribution in [3.8, 4) is 6.07 Å². The molecule has 0 N–H and O–H groups in total. The summed E-state index contributed by atoms with van der Waals surface area (Å²) in [5.74, 6) is 0.851. The molecule has 1 aromatic heterocycles. The van der Waals surface area contributed by atoms with Gasteiger partial charge in [-0.3, -0.25) is 0 Å². The summed E-state index contributed by atoms with van der Waals surface area (Å²) in [4.78, 5) is 4.53. The summed E-state index contributed by atoms with van der Waals surface area (Å²) in [6.07, 6.45) is 1.35. The number of benzene rings is 1. The number of rotatable bonds is 2. The van der Waals surface area contributed by atoms with E-state index in [2.05, 4.69) is 21.7 Å². The molecule has 1 aliphatic heterocycles. The molecule has 0 bridgehead atoms. The minimum absolute atomic E-state index is 0.325. The summed E-state index contributed by atoms with van der Waals surface area (Å²) in [6, 6.07) is 10.5. The normalized spacial score (nSPS) is 19.6. The Bertz CT molecular complexity index is 576. The van der Waals surface area contributed by atoms with E-state index in [1.165, 1.54) is 0 Å². The lowest BCUT2D eigenvalue weighted by Gasteiger charge is -2.13. The van der Waals surface area contributed by atoms with Gasteiger partial charge in [0, 0.05) is 6.61 Å². The molecule has 1 saturated heterocycles. The molecule has 2 aromatic rings. The largest absolute Gasteiger partial charge is 0.379 e. The number of nitriles is 1. The highest BCUT2D eigenvalue weighted by Crippen LogP contribution is 2.26. The maximum Gasteiger partial charge on any atom is 0.124 e. The summed E-state index contributed by atoms with van der Waals surface area (Å²) >= 11 is 0. The maximum atomic E-state index is 8.88. The molecule has 4 heteroatoms. The van der Waals surface area contributed by atoms with E-state index in [-0.39, 0.29) is 0 Å². The molecule has 0 amide bonds. The van der Waals surface area contributed by atoms with Gasteiger partial charge in [0.1, 0.15) is 5.82 Å². The average Bonchev–Trinajstić information content (AvgIpc) is 2.94. The van der Waals surface area contributed by atoms with E-state index in [9.17, 15) is 0 Å². The Kier molecular flexibility index (Phi) is 2.54. The number of para-hydroxylation sites is 2. The van der Waals surface area contributed by atoms with Gasteiger partial charge in [-0.05, 0) is 18.6 Å². The number of ether oxygens (including phenoxy) is 1. The molecule has 0 spiro atoms. The summed E-state index contributed by atoms with van der Waals surface area (Å²) in [5, 5.41) is 8.88. The second-order valence-electron chi connectivity index (χ2n) is 4.24. The molecule has 86 valence electrons. The quantitative estimate of drug-likeness (QED) is 0.789. The van der Waals surface area contributed by atoms with Crippen LogP contribution in [0.1, 0.15) is 18.3 Å². The van der Waals surface area contributed by atoms with Gasteiger partial charge in [0.25, 0.3) is 0 Å². The van der Waals surface area contributed by atoms with Crippen molar-refractivity contribution in [3.63, 3.8) is 0 Å². The fourth-order valence-corrected chi connectivity index (χ4v) is 2.42. The first-order chi connectivity index (χ1) is 8.40. The van der Waals surface area contributed by atoms with Gasteiger partial charge in [-0.2, -0.15) is 5.26 Å².